The van der Waals surface area contributed by atoms with Crippen LogP contribution in [0.3, 0.4) is 0 Å². The van der Waals surface area contributed by atoms with Crippen LogP contribution in [-0.2, 0) is 6.54 Å². The zero-order valence-corrected chi connectivity index (χ0v) is 14.3. The third-order valence-corrected chi connectivity index (χ3v) is 4.93. The number of hydrogen-bond acceptors (Lipinski definition) is 5. The number of halogens is 2. The SMILES string of the molecule is Nc1nc2cc(-c3cc[nH]n3)ccc2c2nn(C[C@@H]3CC(F)(F)CN3)cc12. The number of alkyl halides is 2. The van der Waals surface area contributed by atoms with E-state index in [-0.39, 0.29) is 19.0 Å². The summed E-state index contributed by atoms with van der Waals surface area (Å²) in [6.07, 6.45) is 3.34. The molecule has 1 atom stereocenters. The summed E-state index contributed by atoms with van der Waals surface area (Å²) in [4.78, 5) is 4.49. The standard InChI is InChI=1S/C18H17F2N7/c19-18(20)6-11(22-9-18)7-27-8-13-16(26-27)12-2-1-10(14-3-4-23-25-14)5-15(12)24-17(13)21/h1-5,8,11,22H,6-7,9H2,(H2,21,24)(H,23,25)/t11-/m0/s1. The number of anilines is 1. The number of nitrogen functional groups attached to an aromatic ring is 1. The summed E-state index contributed by atoms with van der Waals surface area (Å²) in [7, 11) is 0. The van der Waals surface area contributed by atoms with Crippen molar-refractivity contribution in [2.24, 2.45) is 0 Å². The van der Waals surface area contributed by atoms with E-state index in [0.29, 0.717) is 12.4 Å². The van der Waals surface area contributed by atoms with Gasteiger partial charge in [-0.2, -0.15) is 10.2 Å². The van der Waals surface area contributed by atoms with E-state index in [2.05, 4.69) is 25.6 Å². The number of rotatable bonds is 3. The fourth-order valence-corrected chi connectivity index (χ4v) is 3.65. The zero-order valence-electron chi connectivity index (χ0n) is 14.3. The van der Waals surface area contributed by atoms with E-state index in [9.17, 15) is 8.78 Å². The van der Waals surface area contributed by atoms with Crippen LogP contribution in [0.15, 0.2) is 36.7 Å². The predicted octanol–water partition coefficient (Wildman–Crippen LogP) is 2.55. The van der Waals surface area contributed by atoms with Crippen LogP contribution in [0.5, 0.6) is 0 Å². The molecule has 1 aliphatic rings. The highest BCUT2D eigenvalue weighted by molar-refractivity contribution is 6.08. The fraction of sp³-hybridized carbons (Fsp3) is 0.278. The number of H-pyrrole nitrogens is 1. The van der Waals surface area contributed by atoms with Crippen molar-refractivity contribution in [1.82, 2.24) is 30.3 Å². The maximum Gasteiger partial charge on any atom is 0.261 e. The molecule has 4 heterocycles. The molecule has 0 saturated carbocycles. The van der Waals surface area contributed by atoms with Gasteiger partial charge in [-0.25, -0.2) is 13.8 Å². The van der Waals surface area contributed by atoms with Gasteiger partial charge in [0.05, 0.1) is 29.7 Å². The van der Waals surface area contributed by atoms with E-state index in [1.165, 1.54) is 0 Å². The molecular formula is C18H17F2N7. The van der Waals surface area contributed by atoms with Gasteiger partial charge in [0, 0.05) is 35.8 Å². The van der Waals surface area contributed by atoms with Crippen molar-refractivity contribution in [2.45, 2.75) is 24.9 Å². The molecule has 0 spiro atoms. The van der Waals surface area contributed by atoms with Crippen molar-refractivity contribution in [3.63, 3.8) is 0 Å². The largest absolute Gasteiger partial charge is 0.383 e. The van der Waals surface area contributed by atoms with Crippen LogP contribution < -0.4 is 11.1 Å². The Morgan fingerprint density at radius 2 is 2.15 bits per heavy atom. The summed E-state index contributed by atoms with van der Waals surface area (Å²) < 4.78 is 28.5. The molecule has 4 aromatic rings. The number of fused-ring (bicyclic) bond motifs is 3. The molecule has 0 amide bonds. The van der Waals surface area contributed by atoms with Gasteiger partial charge in [0.1, 0.15) is 11.3 Å². The topological polar surface area (TPSA) is 97.4 Å². The highest BCUT2D eigenvalue weighted by Crippen LogP contribution is 2.31. The number of aromatic amines is 1. The maximum atomic E-state index is 13.4. The molecule has 0 radical (unpaired) electrons. The molecule has 9 heteroatoms. The molecule has 138 valence electrons. The molecule has 1 aliphatic heterocycles. The molecule has 3 aromatic heterocycles. The van der Waals surface area contributed by atoms with E-state index < -0.39 is 5.92 Å². The second-order valence-electron chi connectivity index (χ2n) is 6.94. The molecule has 1 aromatic carbocycles. The van der Waals surface area contributed by atoms with Gasteiger partial charge in [0.25, 0.3) is 5.92 Å². The number of aromatic nitrogens is 5. The van der Waals surface area contributed by atoms with Crippen LogP contribution in [0.25, 0.3) is 33.1 Å². The van der Waals surface area contributed by atoms with E-state index in [4.69, 9.17) is 5.73 Å². The molecule has 27 heavy (non-hydrogen) atoms. The first kappa shape index (κ1) is 16.1. The van der Waals surface area contributed by atoms with Crippen molar-refractivity contribution in [1.29, 1.82) is 0 Å². The molecule has 7 nitrogen and oxygen atoms in total. The Kier molecular flexibility index (Phi) is 3.41. The maximum absolute atomic E-state index is 13.4. The molecular weight excluding hydrogens is 352 g/mol. The lowest BCUT2D eigenvalue weighted by molar-refractivity contribution is 0.0205. The highest BCUT2D eigenvalue weighted by Gasteiger charge is 2.39. The van der Waals surface area contributed by atoms with Gasteiger partial charge in [-0.1, -0.05) is 6.07 Å². The second kappa shape index (κ2) is 5.71. The lowest BCUT2D eigenvalue weighted by Gasteiger charge is -2.09. The van der Waals surface area contributed by atoms with E-state index in [1.54, 1.807) is 17.1 Å². The minimum Gasteiger partial charge on any atom is -0.383 e. The second-order valence-corrected chi connectivity index (χ2v) is 6.94. The molecule has 0 aliphatic carbocycles. The van der Waals surface area contributed by atoms with Gasteiger partial charge in [-0.15, -0.1) is 0 Å². The lowest BCUT2D eigenvalue weighted by Crippen LogP contribution is -2.27. The number of hydrogen-bond donors (Lipinski definition) is 3. The Labute approximate surface area is 152 Å². The number of nitrogens with one attached hydrogen (secondary N) is 2. The van der Waals surface area contributed by atoms with Crippen LogP contribution in [0, 0.1) is 0 Å². The van der Waals surface area contributed by atoms with Crippen LogP contribution >= 0.6 is 0 Å². The van der Waals surface area contributed by atoms with Crippen LogP contribution in [0.1, 0.15) is 6.42 Å². The van der Waals surface area contributed by atoms with Crippen molar-refractivity contribution >= 4 is 27.6 Å². The summed E-state index contributed by atoms with van der Waals surface area (Å²) in [5, 5.41) is 16.0. The Hall–Kier alpha value is -3.07. The van der Waals surface area contributed by atoms with Gasteiger partial charge in [-0.3, -0.25) is 9.78 Å². The quantitative estimate of drug-likeness (QED) is 0.516. The molecule has 1 fully saturated rings. The summed E-state index contributed by atoms with van der Waals surface area (Å²) >= 11 is 0. The van der Waals surface area contributed by atoms with E-state index in [1.807, 2.05) is 24.3 Å². The first-order valence-corrected chi connectivity index (χ1v) is 8.66. The number of nitrogens with two attached hydrogens (primary N) is 1. The van der Waals surface area contributed by atoms with Crippen molar-refractivity contribution < 1.29 is 8.78 Å². The summed E-state index contributed by atoms with van der Waals surface area (Å²) in [5.74, 6) is -2.29. The average Bonchev–Trinajstić information content (AvgIpc) is 3.35. The number of nitrogens with zero attached hydrogens (tertiary/aromatic N) is 4. The highest BCUT2D eigenvalue weighted by atomic mass is 19.3. The van der Waals surface area contributed by atoms with Gasteiger partial charge >= 0.3 is 0 Å². The van der Waals surface area contributed by atoms with Crippen molar-refractivity contribution in [3.05, 3.63) is 36.7 Å². The molecule has 0 bridgehead atoms. The van der Waals surface area contributed by atoms with Gasteiger partial charge in [0.2, 0.25) is 0 Å². The third-order valence-electron chi connectivity index (χ3n) is 4.93. The summed E-state index contributed by atoms with van der Waals surface area (Å²) in [6.45, 7) is 0.0671. The monoisotopic (exact) mass is 369 g/mol. The summed E-state index contributed by atoms with van der Waals surface area (Å²) in [6, 6.07) is 7.36. The zero-order chi connectivity index (χ0) is 18.6. The van der Waals surface area contributed by atoms with Crippen LogP contribution in [0.4, 0.5) is 14.6 Å². The van der Waals surface area contributed by atoms with Crippen molar-refractivity contribution in [3.8, 4) is 11.3 Å². The smallest absolute Gasteiger partial charge is 0.261 e. The Morgan fingerprint density at radius 3 is 2.89 bits per heavy atom. The Balaban J connectivity index is 1.55. The minimum absolute atomic E-state index is 0.190. The molecule has 0 unspecified atom stereocenters. The summed E-state index contributed by atoms with van der Waals surface area (Å²) in [5.41, 5.74) is 9.31. The minimum atomic E-state index is -2.66. The first-order valence-electron chi connectivity index (χ1n) is 8.66. The first-order chi connectivity index (χ1) is 13.0. The fourth-order valence-electron chi connectivity index (χ4n) is 3.65. The normalized spacial score (nSPS) is 19.3. The van der Waals surface area contributed by atoms with Gasteiger partial charge in [0.15, 0.2) is 0 Å². The lowest BCUT2D eigenvalue weighted by atomic mass is 10.1. The number of benzene rings is 1. The molecule has 1 saturated heterocycles. The Morgan fingerprint density at radius 1 is 1.26 bits per heavy atom. The predicted molar refractivity (Wildman–Crippen MR) is 98.4 cm³/mol. The molecule has 5 rings (SSSR count). The van der Waals surface area contributed by atoms with Crippen molar-refractivity contribution in [2.75, 3.05) is 12.3 Å². The molecule has 4 N–H and O–H groups in total. The van der Waals surface area contributed by atoms with Crippen LogP contribution in [0.2, 0.25) is 0 Å². The van der Waals surface area contributed by atoms with Gasteiger partial charge in [-0.05, 0) is 18.2 Å². The number of pyridine rings is 1. The average molecular weight is 369 g/mol. The van der Waals surface area contributed by atoms with Gasteiger partial charge < -0.3 is 11.1 Å². The van der Waals surface area contributed by atoms with E-state index in [0.717, 1.165) is 33.1 Å². The van der Waals surface area contributed by atoms with Crippen LogP contribution in [-0.4, -0.2) is 43.5 Å². The third kappa shape index (κ3) is 2.80. The van der Waals surface area contributed by atoms with E-state index >= 15 is 0 Å². The Bertz CT molecular complexity index is 1130.